The molecule has 0 saturated heterocycles. The number of hydrogen-bond donors (Lipinski definition) is 0. The topological polar surface area (TPSA) is 73.8 Å². The molecule has 0 radical (unpaired) electrons. The summed E-state index contributed by atoms with van der Waals surface area (Å²) in [5.41, 5.74) is 5.63. The van der Waals surface area contributed by atoms with E-state index in [9.17, 15) is 0 Å². The number of benzene rings is 4. The minimum absolute atomic E-state index is 0.0417. The lowest BCUT2D eigenvalue weighted by Gasteiger charge is -2.47. The quantitative estimate of drug-likeness (QED) is 0.177. The van der Waals surface area contributed by atoms with E-state index in [0.29, 0.717) is 10.1 Å². The molecule has 8 nitrogen and oxygen atoms in total. The molecule has 4 aromatic rings. The maximum atomic E-state index is 6.94. The molecule has 0 unspecified atom stereocenters. The molecule has 0 bridgehead atoms. The summed E-state index contributed by atoms with van der Waals surface area (Å²) >= 11 is 0. The van der Waals surface area contributed by atoms with E-state index in [1.807, 2.05) is 90.4 Å². The highest BCUT2D eigenvalue weighted by molar-refractivity contribution is 7.07. The van der Waals surface area contributed by atoms with Gasteiger partial charge in [0.2, 0.25) is 0 Å². The monoisotopic (exact) mass is 1320 g/mol. The van der Waals surface area contributed by atoms with Crippen LogP contribution in [0.4, 0.5) is 0 Å². The van der Waals surface area contributed by atoms with Crippen LogP contribution in [0.3, 0.4) is 0 Å². The van der Waals surface area contributed by atoms with Crippen molar-refractivity contribution in [2.45, 2.75) is 310 Å². The van der Waals surface area contributed by atoms with Gasteiger partial charge in [-0.15, -0.1) is 0 Å². The predicted molar refractivity (Wildman–Crippen MR) is 408 cm³/mol. The minimum atomic E-state index is -2.03. The maximum Gasteiger partial charge on any atom is 0.122 e. The van der Waals surface area contributed by atoms with Gasteiger partial charge in [-0.05, 0) is 215 Å². The number of ether oxygens (including phenoxy) is 8. The van der Waals surface area contributed by atoms with Gasteiger partial charge in [-0.25, -0.2) is 0 Å². The fraction of sp³-hybridized carbons (Fsp3) is 0.707. The maximum absolute atomic E-state index is 6.94. The Labute approximate surface area is 575 Å². The van der Waals surface area contributed by atoms with Gasteiger partial charge in [0.25, 0.3) is 0 Å². The number of methoxy groups -OCH3 is 8. The molecule has 0 N–H and O–H groups in total. The summed E-state index contributed by atoms with van der Waals surface area (Å²) < 4.78 is 60.2. The lowest BCUT2D eigenvalue weighted by Crippen LogP contribution is -2.61. The minimum Gasteiger partial charge on any atom is -0.385 e. The van der Waals surface area contributed by atoms with E-state index in [0.717, 1.165) is 13.2 Å². The summed E-state index contributed by atoms with van der Waals surface area (Å²) in [6, 6.07) is 36.9. The molecule has 2 aliphatic heterocycles. The van der Waals surface area contributed by atoms with Crippen LogP contribution in [0.25, 0.3) is 22.3 Å². The molecule has 4 saturated carbocycles. The molecular weight excluding hydrogens is 1170 g/mol. The van der Waals surface area contributed by atoms with Crippen molar-refractivity contribution < 1.29 is 42.0 Å². The van der Waals surface area contributed by atoms with E-state index in [1.54, 1.807) is 70.1 Å². The number of hydrogen-bond acceptors (Lipinski definition) is 8. The standard InChI is InChI=1S/2C20H24Si.2C8H16O.4C5H12O.2C3H8O/c2*1-20(14-8-3-9-15-20)21(2)18-12-6-4-10-16(18)17-11-5-7-13-19(17)21;2*1-8(9-2)6-4-3-5-7-8;4*1-5(2,3)6-4;2*1-3-4-2/h2*4-7,10-13H,3,8-9,14-15H2,1-2H3;2*3-7H2,1-2H3;4*1-4H3;2*3H2,1-2H3/i;;;;1D3;;;;;. The first-order chi connectivity index (χ1) is 44.2. The molecule has 0 atom stereocenters. The first kappa shape index (κ1) is 81.4. The van der Waals surface area contributed by atoms with Crippen LogP contribution in [0.1, 0.15) is 257 Å². The van der Waals surface area contributed by atoms with E-state index in [2.05, 4.69) is 147 Å². The second-order valence-corrected chi connectivity index (χ2v) is 40.0. The van der Waals surface area contributed by atoms with Crippen LogP contribution in [0.5, 0.6) is 0 Å². The molecule has 2 heterocycles. The molecule has 10 rings (SSSR count). The third-order valence-electron chi connectivity index (χ3n) is 20.5. The van der Waals surface area contributed by atoms with Crippen molar-refractivity contribution in [1.82, 2.24) is 0 Å². The Hall–Kier alpha value is -3.01. The van der Waals surface area contributed by atoms with Crippen molar-refractivity contribution in [3.63, 3.8) is 0 Å². The number of fused-ring (bicyclic) bond motifs is 6. The molecule has 0 amide bonds. The van der Waals surface area contributed by atoms with Crippen LogP contribution in [0.2, 0.25) is 23.2 Å². The summed E-state index contributed by atoms with van der Waals surface area (Å²) in [5.74, 6) is 0. The van der Waals surface area contributed by atoms with E-state index in [4.69, 9.17) is 32.5 Å². The third-order valence-corrected chi connectivity index (χ3v) is 32.4. The molecule has 4 fully saturated rings. The first-order valence-electron chi connectivity index (χ1n) is 36.9. The summed E-state index contributed by atoms with van der Waals surface area (Å²) in [5, 5.41) is 7.81. The van der Waals surface area contributed by atoms with Gasteiger partial charge in [0.15, 0.2) is 0 Å². The summed E-state index contributed by atoms with van der Waals surface area (Å²) in [7, 11) is 10.2. The molecule has 4 aliphatic carbocycles. The molecule has 0 aromatic heterocycles. The molecular formula is C82H144O8Si2. The highest BCUT2D eigenvalue weighted by Crippen LogP contribution is 2.54. The zero-order valence-corrected chi connectivity index (χ0v) is 66.6. The van der Waals surface area contributed by atoms with Crippen LogP contribution >= 0.6 is 0 Å². The van der Waals surface area contributed by atoms with E-state index >= 15 is 0 Å². The Kier molecular flexibility index (Phi) is 36.5. The summed E-state index contributed by atoms with van der Waals surface area (Å²) in [6.45, 7) is 39.7. The Bertz CT molecular complexity index is 2400. The average Bonchev–Trinajstić information content (AvgIpc) is 1.57. The lowest BCUT2D eigenvalue weighted by molar-refractivity contribution is -0.0234. The van der Waals surface area contributed by atoms with Gasteiger partial charge in [0, 0.05) is 74.2 Å². The summed E-state index contributed by atoms with van der Waals surface area (Å²) in [6.07, 6.45) is 27.4. The van der Waals surface area contributed by atoms with Gasteiger partial charge in [0.05, 0.1) is 33.6 Å². The van der Waals surface area contributed by atoms with Crippen molar-refractivity contribution in [2.24, 2.45) is 0 Å². The normalized spacial score (nSPS) is 19.4. The molecule has 6 aliphatic rings. The smallest absolute Gasteiger partial charge is 0.122 e. The second kappa shape index (κ2) is 41.3. The molecule has 4 aromatic carbocycles. The van der Waals surface area contributed by atoms with Crippen LogP contribution in [0.15, 0.2) is 97.1 Å². The highest BCUT2D eigenvalue weighted by atomic mass is 28.3. The van der Waals surface area contributed by atoms with Crippen molar-refractivity contribution >= 4 is 36.9 Å². The lowest BCUT2D eigenvalue weighted by atomic mass is 9.86. The Balaban J connectivity index is 0.000000563. The Morgan fingerprint density at radius 1 is 0.337 bits per heavy atom. The van der Waals surface area contributed by atoms with Crippen LogP contribution in [-0.4, -0.2) is 120 Å². The van der Waals surface area contributed by atoms with E-state index in [-0.39, 0.29) is 28.0 Å². The fourth-order valence-electron chi connectivity index (χ4n) is 12.9. The largest absolute Gasteiger partial charge is 0.385 e. The fourth-order valence-corrected chi connectivity index (χ4v) is 23.5. The first-order valence-corrected chi connectivity index (χ1v) is 40.4. The molecule has 10 heteroatoms. The third kappa shape index (κ3) is 28.2. The Morgan fingerprint density at radius 3 is 0.663 bits per heavy atom. The Morgan fingerprint density at radius 2 is 0.522 bits per heavy atom. The zero-order chi connectivity index (χ0) is 72.6. The van der Waals surface area contributed by atoms with Crippen molar-refractivity contribution in [2.75, 3.05) is 70.1 Å². The van der Waals surface area contributed by atoms with Gasteiger partial charge < -0.3 is 37.9 Å². The SMILES string of the molecule is CC1([Si]2(C)c3ccccc3-c3ccccc32)CCCCC1.CC1([Si]2(C)c3ccccc3-c3ccccc32)CCCCC1.CCOC.CCOC.COC(C)(C)C.COC(C)(C)C.COC(C)(C)C.COC1(C)CCCCC1.COC1(C)CCCCC1.[2H]C([2H])([2H])C(C)(C)OC. The van der Waals surface area contributed by atoms with Gasteiger partial charge in [-0.2, -0.15) is 0 Å². The van der Waals surface area contributed by atoms with E-state index in [1.165, 1.54) is 158 Å². The molecule has 92 heavy (non-hydrogen) atoms. The van der Waals surface area contributed by atoms with Gasteiger partial charge in [-0.3, -0.25) is 0 Å². The van der Waals surface area contributed by atoms with Crippen molar-refractivity contribution in [3.8, 4) is 22.3 Å². The van der Waals surface area contributed by atoms with Crippen LogP contribution in [-0.2, 0) is 37.9 Å². The van der Waals surface area contributed by atoms with Gasteiger partial charge >= 0.3 is 0 Å². The van der Waals surface area contributed by atoms with Crippen molar-refractivity contribution in [3.05, 3.63) is 97.1 Å². The van der Waals surface area contributed by atoms with Gasteiger partial charge in [-0.1, -0.05) is 201 Å². The summed E-state index contributed by atoms with van der Waals surface area (Å²) in [4.78, 5) is 0. The van der Waals surface area contributed by atoms with Crippen LogP contribution < -0.4 is 20.7 Å². The van der Waals surface area contributed by atoms with Crippen molar-refractivity contribution in [1.29, 1.82) is 0 Å². The zero-order valence-electron chi connectivity index (χ0n) is 67.6. The van der Waals surface area contributed by atoms with Gasteiger partial charge in [0.1, 0.15) is 16.1 Å². The average molecular weight is 1320 g/mol. The second-order valence-electron chi connectivity index (χ2n) is 30.9. The molecule has 528 valence electrons. The molecule has 0 spiro atoms. The number of rotatable bonds is 6. The predicted octanol–water partition coefficient (Wildman–Crippen LogP) is 20.9. The van der Waals surface area contributed by atoms with E-state index < -0.39 is 28.6 Å². The van der Waals surface area contributed by atoms with Crippen LogP contribution in [0, 0.1) is 0 Å². The highest BCUT2D eigenvalue weighted by Gasteiger charge is 2.55.